The standard InChI is InChI=1S/C16H13N5S2/c1-20-10-11(12-5-2-3-6-13(12)20)9-17-21-15(18-19-16(21)22)14-7-4-8-23-14/h2-10H,1H3,(H,19,22)/b17-9-. The molecule has 0 atom stereocenters. The van der Waals surface area contributed by atoms with Gasteiger partial charge in [-0.3, -0.25) is 0 Å². The van der Waals surface area contributed by atoms with Crippen LogP contribution in [0.25, 0.3) is 21.6 Å². The Labute approximate surface area is 141 Å². The Bertz CT molecular complexity index is 1050. The number of hydrogen-bond donors (Lipinski definition) is 1. The lowest BCUT2D eigenvalue weighted by Crippen LogP contribution is -1.93. The summed E-state index contributed by atoms with van der Waals surface area (Å²) in [6.07, 6.45) is 3.88. The van der Waals surface area contributed by atoms with Crippen LogP contribution < -0.4 is 0 Å². The van der Waals surface area contributed by atoms with Gasteiger partial charge in [-0.2, -0.15) is 14.9 Å². The van der Waals surface area contributed by atoms with Crippen LogP contribution in [0.3, 0.4) is 0 Å². The zero-order valence-corrected chi connectivity index (χ0v) is 13.9. The summed E-state index contributed by atoms with van der Waals surface area (Å²) in [7, 11) is 2.03. The van der Waals surface area contributed by atoms with E-state index in [0.29, 0.717) is 4.77 Å². The number of benzene rings is 1. The third-order valence-electron chi connectivity index (χ3n) is 3.63. The number of rotatable bonds is 3. The van der Waals surface area contributed by atoms with Crippen molar-refractivity contribution >= 4 is 40.7 Å². The first kappa shape index (κ1) is 14.1. The summed E-state index contributed by atoms with van der Waals surface area (Å²) in [4.78, 5) is 1.02. The van der Waals surface area contributed by atoms with Crippen LogP contribution in [0, 0.1) is 4.77 Å². The molecule has 0 saturated heterocycles. The molecule has 4 rings (SSSR count). The number of aromatic nitrogens is 4. The van der Waals surface area contributed by atoms with E-state index in [2.05, 4.69) is 38.2 Å². The van der Waals surface area contributed by atoms with Crippen molar-refractivity contribution in [1.29, 1.82) is 0 Å². The Morgan fingerprint density at radius 1 is 1.26 bits per heavy atom. The second-order valence-electron chi connectivity index (χ2n) is 5.10. The Balaban J connectivity index is 1.80. The smallest absolute Gasteiger partial charge is 0.216 e. The highest BCUT2D eigenvalue weighted by molar-refractivity contribution is 7.71. The van der Waals surface area contributed by atoms with Gasteiger partial charge in [0.05, 0.1) is 11.1 Å². The molecular weight excluding hydrogens is 326 g/mol. The van der Waals surface area contributed by atoms with E-state index in [0.717, 1.165) is 21.7 Å². The van der Waals surface area contributed by atoms with Crippen molar-refractivity contribution in [3.8, 4) is 10.7 Å². The molecule has 3 aromatic heterocycles. The van der Waals surface area contributed by atoms with E-state index in [-0.39, 0.29) is 0 Å². The summed E-state index contributed by atoms with van der Waals surface area (Å²) in [6, 6.07) is 12.2. The van der Waals surface area contributed by atoms with Gasteiger partial charge in [0.15, 0.2) is 5.82 Å². The van der Waals surface area contributed by atoms with Crippen molar-refractivity contribution in [1.82, 2.24) is 19.4 Å². The first-order valence-electron chi connectivity index (χ1n) is 7.04. The minimum Gasteiger partial charge on any atom is -0.350 e. The second-order valence-corrected chi connectivity index (χ2v) is 6.43. The molecule has 0 aliphatic heterocycles. The molecule has 5 nitrogen and oxygen atoms in total. The van der Waals surface area contributed by atoms with E-state index in [1.165, 1.54) is 5.52 Å². The predicted molar refractivity (Wildman–Crippen MR) is 96.6 cm³/mol. The maximum atomic E-state index is 5.29. The Hall–Kier alpha value is -2.51. The second kappa shape index (κ2) is 5.60. The number of aromatic amines is 1. The lowest BCUT2D eigenvalue weighted by atomic mass is 10.2. The van der Waals surface area contributed by atoms with Crippen LogP contribution in [-0.2, 0) is 7.05 Å². The Morgan fingerprint density at radius 2 is 2.13 bits per heavy atom. The summed E-state index contributed by atoms with van der Waals surface area (Å²) in [5.41, 5.74) is 2.21. The molecule has 0 spiro atoms. The molecule has 23 heavy (non-hydrogen) atoms. The van der Waals surface area contributed by atoms with Crippen molar-refractivity contribution in [2.45, 2.75) is 0 Å². The van der Waals surface area contributed by atoms with Crippen molar-refractivity contribution < 1.29 is 0 Å². The minimum atomic E-state index is 0.477. The summed E-state index contributed by atoms with van der Waals surface area (Å²) in [5.74, 6) is 0.724. The van der Waals surface area contributed by atoms with Gasteiger partial charge < -0.3 is 4.57 Å². The lowest BCUT2D eigenvalue weighted by molar-refractivity contribution is 0.873. The van der Waals surface area contributed by atoms with Crippen LogP contribution in [0.2, 0.25) is 0 Å². The SMILES string of the molecule is Cn1cc(/C=N\n2c(-c3cccs3)n[nH]c2=S)c2ccccc21. The summed E-state index contributed by atoms with van der Waals surface area (Å²) in [6.45, 7) is 0. The minimum absolute atomic E-state index is 0.477. The monoisotopic (exact) mass is 339 g/mol. The van der Waals surface area contributed by atoms with E-state index < -0.39 is 0 Å². The number of hydrogen-bond acceptors (Lipinski definition) is 4. The van der Waals surface area contributed by atoms with E-state index in [1.807, 2.05) is 42.9 Å². The molecule has 0 fully saturated rings. The molecule has 0 aliphatic rings. The maximum absolute atomic E-state index is 5.29. The first-order chi connectivity index (χ1) is 11.2. The summed E-state index contributed by atoms with van der Waals surface area (Å²) in [5, 5.41) is 14.8. The van der Waals surface area contributed by atoms with E-state index >= 15 is 0 Å². The number of thiophene rings is 1. The number of aryl methyl sites for hydroxylation is 1. The van der Waals surface area contributed by atoms with Gasteiger partial charge in [0.1, 0.15) is 0 Å². The molecule has 1 N–H and O–H groups in total. The molecule has 0 radical (unpaired) electrons. The molecule has 0 unspecified atom stereocenters. The zero-order chi connectivity index (χ0) is 15.8. The van der Waals surface area contributed by atoms with Gasteiger partial charge in [-0.25, -0.2) is 5.10 Å². The number of fused-ring (bicyclic) bond motifs is 1. The molecule has 114 valence electrons. The van der Waals surface area contributed by atoms with Gasteiger partial charge in [-0.05, 0) is 29.7 Å². The van der Waals surface area contributed by atoms with E-state index in [9.17, 15) is 0 Å². The molecule has 0 saturated carbocycles. The maximum Gasteiger partial charge on any atom is 0.216 e. The molecule has 4 aromatic rings. The van der Waals surface area contributed by atoms with Gasteiger partial charge >= 0.3 is 0 Å². The lowest BCUT2D eigenvalue weighted by Gasteiger charge is -1.97. The third kappa shape index (κ3) is 2.43. The number of H-pyrrole nitrogens is 1. The van der Waals surface area contributed by atoms with Gasteiger partial charge in [0.25, 0.3) is 0 Å². The average molecular weight is 339 g/mol. The van der Waals surface area contributed by atoms with Crippen molar-refractivity contribution in [2.75, 3.05) is 0 Å². The third-order valence-corrected chi connectivity index (χ3v) is 4.76. The molecule has 0 bridgehead atoms. The Morgan fingerprint density at radius 3 is 2.96 bits per heavy atom. The highest BCUT2D eigenvalue weighted by Gasteiger charge is 2.09. The fourth-order valence-electron chi connectivity index (χ4n) is 2.56. The molecule has 3 heterocycles. The van der Waals surface area contributed by atoms with Crippen LogP contribution in [0.4, 0.5) is 0 Å². The summed E-state index contributed by atoms with van der Waals surface area (Å²) < 4.78 is 4.22. The van der Waals surface area contributed by atoms with Crippen molar-refractivity contribution in [2.24, 2.45) is 12.1 Å². The van der Waals surface area contributed by atoms with E-state index in [4.69, 9.17) is 12.2 Å². The fraction of sp³-hybridized carbons (Fsp3) is 0.0625. The van der Waals surface area contributed by atoms with Gasteiger partial charge in [0, 0.05) is 29.7 Å². The van der Waals surface area contributed by atoms with Crippen LogP contribution in [0.15, 0.2) is 53.1 Å². The van der Waals surface area contributed by atoms with Gasteiger partial charge in [0.2, 0.25) is 4.77 Å². The first-order valence-corrected chi connectivity index (χ1v) is 8.32. The van der Waals surface area contributed by atoms with Crippen LogP contribution >= 0.6 is 23.6 Å². The quantitative estimate of drug-likeness (QED) is 0.452. The zero-order valence-electron chi connectivity index (χ0n) is 12.3. The molecule has 1 aromatic carbocycles. The van der Waals surface area contributed by atoms with Gasteiger partial charge in [-0.15, -0.1) is 11.3 Å². The Kier molecular flexibility index (Phi) is 3.44. The highest BCUT2D eigenvalue weighted by atomic mass is 32.1. The molecule has 7 heteroatoms. The average Bonchev–Trinajstić information content (AvgIpc) is 3.26. The normalized spacial score (nSPS) is 11.7. The van der Waals surface area contributed by atoms with Crippen molar-refractivity contribution in [3.05, 3.63) is 58.3 Å². The van der Waals surface area contributed by atoms with E-state index in [1.54, 1.807) is 16.0 Å². The van der Waals surface area contributed by atoms with Crippen molar-refractivity contribution in [3.63, 3.8) is 0 Å². The van der Waals surface area contributed by atoms with Gasteiger partial charge in [-0.1, -0.05) is 24.3 Å². The largest absolute Gasteiger partial charge is 0.350 e. The number of para-hydroxylation sites is 1. The molecule has 0 aliphatic carbocycles. The molecular formula is C16H13N5S2. The predicted octanol–water partition coefficient (Wildman–Crippen LogP) is 4.04. The molecule has 0 amide bonds. The highest BCUT2D eigenvalue weighted by Crippen LogP contribution is 2.23. The van der Waals surface area contributed by atoms with Crippen LogP contribution in [0.5, 0.6) is 0 Å². The number of nitrogens with one attached hydrogen (secondary N) is 1. The topological polar surface area (TPSA) is 50.9 Å². The fourth-order valence-corrected chi connectivity index (χ4v) is 3.44. The summed E-state index contributed by atoms with van der Waals surface area (Å²) >= 11 is 6.90. The van der Waals surface area contributed by atoms with Crippen LogP contribution in [-0.4, -0.2) is 25.7 Å². The van der Waals surface area contributed by atoms with Crippen LogP contribution in [0.1, 0.15) is 5.56 Å². The number of nitrogens with zero attached hydrogens (tertiary/aromatic N) is 4.